The minimum Gasteiger partial charge on any atom is -0.238 e. The number of aromatic nitrogens is 2. The summed E-state index contributed by atoms with van der Waals surface area (Å²) in [4.78, 5) is 14.2. The summed E-state index contributed by atoms with van der Waals surface area (Å²) >= 11 is 0. The molecular formula is C46H28N4. The molecule has 0 spiro atoms. The van der Waals surface area contributed by atoms with Crippen molar-refractivity contribution in [3.8, 4) is 73.2 Å². The second-order valence-electron chi connectivity index (χ2n) is 12.1. The summed E-state index contributed by atoms with van der Waals surface area (Å²) < 4.78 is 0. The lowest BCUT2D eigenvalue weighted by Crippen LogP contribution is -1.98. The van der Waals surface area contributed by atoms with E-state index < -0.39 is 0 Å². The van der Waals surface area contributed by atoms with Gasteiger partial charge in [0.2, 0.25) is 0 Å². The van der Waals surface area contributed by atoms with E-state index in [0.29, 0.717) is 17.1 Å². The van der Waals surface area contributed by atoms with Gasteiger partial charge in [-0.2, -0.15) is 5.26 Å². The van der Waals surface area contributed by atoms with E-state index in [1.807, 2.05) is 72.8 Å². The van der Waals surface area contributed by atoms with Gasteiger partial charge in [0.25, 0.3) is 0 Å². The Hall–Kier alpha value is -7.14. The van der Waals surface area contributed by atoms with E-state index >= 15 is 0 Å². The number of benzene rings is 7. The molecule has 0 radical (unpaired) electrons. The number of rotatable bonds is 6. The Bertz CT molecular complexity index is 2580. The lowest BCUT2D eigenvalue weighted by atomic mass is 9.93. The van der Waals surface area contributed by atoms with Gasteiger partial charge in [-0.15, -0.1) is 0 Å². The van der Waals surface area contributed by atoms with Gasteiger partial charge in [-0.25, -0.2) is 14.8 Å². The fourth-order valence-electron chi connectivity index (χ4n) is 6.37. The zero-order chi connectivity index (χ0) is 33.9. The second kappa shape index (κ2) is 13.2. The van der Waals surface area contributed by atoms with Crippen molar-refractivity contribution < 1.29 is 0 Å². The molecule has 0 unspecified atom stereocenters. The van der Waals surface area contributed by atoms with Crippen molar-refractivity contribution in [2.75, 3.05) is 0 Å². The third-order valence-electron chi connectivity index (χ3n) is 8.93. The Balaban J connectivity index is 1.34. The first-order valence-electron chi connectivity index (χ1n) is 16.3. The van der Waals surface area contributed by atoms with Crippen molar-refractivity contribution in [1.82, 2.24) is 9.97 Å². The molecule has 4 nitrogen and oxygen atoms in total. The summed E-state index contributed by atoms with van der Waals surface area (Å²) in [5.74, 6) is 0.628. The average molecular weight is 637 g/mol. The molecule has 0 aliphatic rings. The van der Waals surface area contributed by atoms with Crippen LogP contribution in [0.4, 0.5) is 5.69 Å². The molecule has 0 amide bonds. The minimum atomic E-state index is 0.615. The van der Waals surface area contributed by atoms with Crippen LogP contribution >= 0.6 is 0 Å². The van der Waals surface area contributed by atoms with Gasteiger partial charge in [0.05, 0.1) is 29.4 Å². The molecule has 1 aromatic heterocycles. The minimum absolute atomic E-state index is 0.615. The van der Waals surface area contributed by atoms with Crippen LogP contribution in [0.15, 0.2) is 170 Å². The summed E-state index contributed by atoms with van der Waals surface area (Å²) in [7, 11) is 0. The summed E-state index contributed by atoms with van der Waals surface area (Å²) in [6, 6.07) is 59.4. The molecule has 50 heavy (non-hydrogen) atoms. The van der Waals surface area contributed by atoms with Gasteiger partial charge in [-0.1, -0.05) is 140 Å². The Morgan fingerprint density at radius 3 is 1.68 bits per heavy atom. The van der Waals surface area contributed by atoms with E-state index in [-0.39, 0.29) is 0 Å². The maximum absolute atomic E-state index is 9.41. The summed E-state index contributed by atoms with van der Waals surface area (Å²) in [5.41, 5.74) is 13.2. The first kappa shape index (κ1) is 30.2. The van der Waals surface area contributed by atoms with Crippen LogP contribution in [0.1, 0.15) is 5.56 Å². The molecule has 8 rings (SSSR count). The van der Waals surface area contributed by atoms with Gasteiger partial charge in [0.1, 0.15) is 0 Å². The van der Waals surface area contributed by atoms with Gasteiger partial charge in [-0.05, 0) is 69.3 Å². The van der Waals surface area contributed by atoms with E-state index in [1.54, 1.807) is 0 Å². The smallest absolute Gasteiger partial charge is 0.187 e. The highest BCUT2D eigenvalue weighted by Crippen LogP contribution is 2.39. The van der Waals surface area contributed by atoms with Crippen molar-refractivity contribution in [3.05, 3.63) is 187 Å². The van der Waals surface area contributed by atoms with E-state index in [4.69, 9.17) is 16.5 Å². The normalized spacial score (nSPS) is 10.8. The lowest BCUT2D eigenvalue weighted by molar-refractivity contribution is 1.23. The van der Waals surface area contributed by atoms with Crippen LogP contribution in [-0.2, 0) is 0 Å². The Kier molecular flexibility index (Phi) is 7.95. The van der Waals surface area contributed by atoms with E-state index in [9.17, 15) is 5.26 Å². The first-order valence-corrected chi connectivity index (χ1v) is 16.3. The van der Waals surface area contributed by atoms with Crippen LogP contribution in [0.5, 0.6) is 0 Å². The Labute approximate surface area is 291 Å². The topological polar surface area (TPSA) is 53.9 Å². The molecule has 0 saturated heterocycles. The van der Waals surface area contributed by atoms with Crippen LogP contribution in [0.25, 0.3) is 82.9 Å². The molecule has 0 saturated carbocycles. The predicted octanol–water partition coefficient (Wildman–Crippen LogP) is 12.1. The summed E-state index contributed by atoms with van der Waals surface area (Å²) in [6.07, 6.45) is 0. The van der Waals surface area contributed by atoms with Crippen molar-refractivity contribution in [1.29, 1.82) is 5.26 Å². The molecule has 0 atom stereocenters. The van der Waals surface area contributed by atoms with E-state index in [2.05, 4.69) is 108 Å². The molecule has 4 heteroatoms. The maximum Gasteiger partial charge on any atom is 0.187 e. The second-order valence-corrected chi connectivity index (χ2v) is 12.1. The highest BCUT2D eigenvalue weighted by Gasteiger charge is 2.18. The third-order valence-corrected chi connectivity index (χ3v) is 8.93. The number of nitriles is 1. The lowest BCUT2D eigenvalue weighted by Gasteiger charge is -2.16. The third kappa shape index (κ3) is 5.90. The number of nitrogens with zero attached hydrogens (tertiary/aromatic N) is 4. The van der Waals surface area contributed by atoms with E-state index in [1.165, 1.54) is 0 Å². The van der Waals surface area contributed by atoms with Gasteiger partial charge < -0.3 is 0 Å². The van der Waals surface area contributed by atoms with Crippen molar-refractivity contribution in [3.63, 3.8) is 0 Å². The average Bonchev–Trinajstić information content (AvgIpc) is 3.21. The van der Waals surface area contributed by atoms with Crippen LogP contribution in [0, 0.1) is 17.9 Å². The Morgan fingerprint density at radius 1 is 0.460 bits per heavy atom. The molecule has 0 fully saturated rings. The molecule has 0 N–H and O–H groups in total. The van der Waals surface area contributed by atoms with Crippen LogP contribution < -0.4 is 0 Å². The fourth-order valence-corrected chi connectivity index (χ4v) is 6.37. The fraction of sp³-hybridized carbons (Fsp3) is 0. The molecule has 0 aliphatic heterocycles. The monoisotopic (exact) mass is 636 g/mol. The molecular weight excluding hydrogens is 609 g/mol. The highest BCUT2D eigenvalue weighted by molar-refractivity contribution is 6.04. The number of fused-ring (bicyclic) bond motifs is 1. The molecule has 0 bridgehead atoms. The standard InChI is InChI=1S/C46H28N4/c1-48-41-17-9-16-39(27-41)34-18-22-36(23-19-34)44-43-29-40(32-11-4-2-5-12-32)28-42(35-13-6-3-7-14-35)45(43)50-46(49-44)37-24-20-33(21-25-37)38-15-8-10-31(26-38)30-47/h2-29H. The van der Waals surface area contributed by atoms with Crippen molar-refractivity contribution >= 4 is 16.6 Å². The van der Waals surface area contributed by atoms with Crippen molar-refractivity contribution in [2.45, 2.75) is 0 Å². The zero-order valence-electron chi connectivity index (χ0n) is 27.0. The summed E-state index contributed by atoms with van der Waals surface area (Å²) in [5, 5.41) is 10.4. The molecule has 8 aromatic rings. The van der Waals surface area contributed by atoms with Gasteiger partial charge in [0.15, 0.2) is 11.5 Å². The first-order chi connectivity index (χ1) is 24.7. The van der Waals surface area contributed by atoms with E-state index in [0.717, 1.165) is 72.2 Å². The molecule has 1 heterocycles. The molecule has 232 valence electrons. The molecule has 0 aliphatic carbocycles. The quantitative estimate of drug-likeness (QED) is 0.171. The van der Waals surface area contributed by atoms with Crippen LogP contribution in [0.3, 0.4) is 0 Å². The zero-order valence-corrected chi connectivity index (χ0v) is 27.0. The largest absolute Gasteiger partial charge is 0.238 e. The molecule has 7 aromatic carbocycles. The van der Waals surface area contributed by atoms with Gasteiger partial charge in [-0.3, -0.25) is 0 Å². The van der Waals surface area contributed by atoms with Crippen molar-refractivity contribution in [2.24, 2.45) is 0 Å². The van der Waals surface area contributed by atoms with Gasteiger partial charge in [0, 0.05) is 22.1 Å². The van der Waals surface area contributed by atoms with Crippen LogP contribution in [-0.4, -0.2) is 9.97 Å². The predicted molar refractivity (Wildman–Crippen MR) is 203 cm³/mol. The van der Waals surface area contributed by atoms with Crippen LogP contribution in [0.2, 0.25) is 0 Å². The summed E-state index contributed by atoms with van der Waals surface area (Å²) in [6.45, 7) is 7.45. The number of hydrogen-bond donors (Lipinski definition) is 0. The SMILES string of the molecule is [C-]#[N+]c1cccc(-c2ccc(-c3nc(-c4ccc(-c5cccc(C#N)c5)cc4)nc4c(-c5ccccc5)cc(-c5ccccc5)cc34)cc2)c1. The Morgan fingerprint density at radius 2 is 1.02 bits per heavy atom. The maximum atomic E-state index is 9.41. The number of hydrogen-bond acceptors (Lipinski definition) is 3. The highest BCUT2D eigenvalue weighted by atomic mass is 14.9. The van der Waals surface area contributed by atoms with Gasteiger partial charge >= 0.3 is 0 Å².